The smallest absolute Gasteiger partial charge is 0.224 e. The zero-order valence-electron chi connectivity index (χ0n) is 17.0. The molecule has 2 saturated heterocycles. The summed E-state index contributed by atoms with van der Waals surface area (Å²) in [5.41, 5.74) is 2.25. The van der Waals surface area contributed by atoms with Crippen LogP contribution in [0.3, 0.4) is 0 Å². The number of carbonyl (C=O) groups is 1. The van der Waals surface area contributed by atoms with Crippen LogP contribution in [0.1, 0.15) is 36.9 Å². The maximum absolute atomic E-state index is 12.7. The molecule has 0 unspecified atom stereocenters. The number of aromatic nitrogens is 2. The van der Waals surface area contributed by atoms with Gasteiger partial charge in [0.1, 0.15) is 0 Å². The van der Waals surface area contributed by atoms with Crippen molar-refractivity contribution in [3.05, 3.63) is 60.2 Å². The highest BCUT2D eigenvalue weighted by molar-refractivity contribution is 5.78. The summed E-state index contributed by atoms with van der Waals surface area (Å²) in [6.07, 6.45) is 9.99. The van der Waals surface area contributed by atoms with Gasteiger partial charge in [0.05, 0.1) is 18.2 Å². The third-order valence-electron chi connectivity index (χ3n) is 6.22. The molecule has 0 radical (unpaired) electrons. The number of hydrogen-bond donors (Lipinski definition) is 1. The molecule has 4 heterocycles. The second-order valence-corrected chi connectivity index (χ2v) is 8.24. The lowest BCUT2D eigenvalue weighted by molar-refractivity contribution is -0.127. The van der Waals surface area contributed by atoms with Crippen LogP contribution in [0.2, 0.25) is 0 Å². The Balaban J connectivity index is 1.23. The van der Waals surface area contributed by atoms with Crippen molar-refractivity contribution >= 4 is 5.91 Å². The summed E-state index contributed by atoms with van der Waals surface area (Å²) < 4.78 is 0. The summed E-state index contributed by atoms with van der Waals surface area (Å²) >= 11 is 0. The summed E-state index contributed by atoms with van der Waals surface area (Å²) in [5.74, 6) is 0.276. The molecule has 2 aliphatic heterocycles. The predicted molar refractivity (Wildman–Crippen MR) is 113 cm³/mol. The lowest BCUT2D eigenvalue weighted by atomic mass is 9.93. The van der Waals surface area contributed by atoms with E-state index in [1.807, 2.05) is 30.6 Å². The monoisotopic (exact) mass is 393 g/mol. The van der Waals surface area contributed by atoms with Crippen LogP contribution in [0.25, 0.3) is 0 Å². The number of pyridine rings is 2. The molecule has 6 nitrogen and oxygen atoms in total. The Labute approximate surface area is 173 Å². The van der Waals surface area contributed by atoms with Crippen molar-refractivity contribution in [2.24, 2.45) is 5.92 Å². The highest BCUT2D eigenvalue weighted by Gasteiger charge is 2.31. The average Bonchev–Trinajstić information content (AvgIpc) is 2.79. The van der Waals surface area contributed by atoms with Gasteiger partial charge in [-0.15, -0.1) is 0 Å². The van der Waals surface area contributed by atoms with E-state index in [1.54, 1.807) is 6.20 Å². The number of piperidine rings is 2. The van der Waals surface area contributed by atoms with Crippen LogP contribution in [0.15, 0.2) is 48.9 Å². The number of likely N-dealkylation sites (tertiary alicyclic amines) is 2. The number of rotatable bonds is 6. The fourth-order valence-corrected chi connectivity index (χ4v) is 4.57. The Morgan fingerprint density at radius 3 is 2.62 bits per heavy atom. The van der Waals surface area contributed by atoms with Crippen molar-refractivity contribution in [1.82, 2.24) is 25.1 Å². The zero-order chi connectivity index (χ0) is 19.9. The van der Waals surface area contributed by atoms with Gasteiger partial charge in [0.15, 0.2) is 0 Å². The Kier molecular flexibility index (Phi) is 6.85. The molecule has 6 heteroatoms. The Bertz CT molecular complexity index is 761. The van der Waals surface area contributed by atoms with Crippen molar-refractivity contribution in [3.63, 3.8) is 0 Å². The quantitative estimate of drug-likeness (QED) is 0.817. The fraction of sp³-hybridized carbons (Fsp3) is 0.522. The highest BCUT2D eigenvalue weighted by Crippen LogP contribution is 2.24. The summed E-state index contributed by atoms with van der Waals surface area (Å²) in [4.78, 5) is 26.2. The van der Waals surface area contributed by atoms with Gasteiger partial charge in [0, 0.05) is 37.7 Å². The summed E-state index contributed by atoms with van der Waals surface area (Å²) in [6.45, 7) is 5.79. The minimum absolute atomic E-state index is 0.0994. The van der Waals surface area contributed by atoms with Crippen LogP contribution in [0.4, 0.5) is 0 Å². The largest absolute Gasteiger partial charge is 0.350 e. The van der Waals surface area contributed by atoms with Crippen LogP contribution in [0.5, 0.6) is 0 Å². The first-order chi connectivity index (χ1) is 14.3. The van der Waals surface area contributed by atoms with Gasteiger partial charge in [0.25, 0.3) is 0 Å². The Morgan fingerprint density at radius 1 is 1.03 bits per heavy atom. The van der Waals surface area contributed by atoms with Gasteiger partial charge < -0.3 is 5.32 Å². The number of hydrogen-bond acceptors (Lipinski definition) is 5. The van der Waals surface area contributed by atoms with Crippen molar-refractivity contribution in [3.8, 4) is 0 Å². The van der Waals surface area contributed by atoms with E-state index in [1.165, 1.54) is 18.4 Å². The Hall–Kier alpha value is -2.31. The number of nitrogens with zero attached hydrogens (tertiary/aromatic N) is 4. The summed E-state index contributed by atoms with van der Waals surface area (Å²) in [6, 6.07) is 10.6. The van der Waals surface area contributed by atoms with Gasteiger partial charge in [-0.1, -0.05) is 6.07 Å². The van der Waals surface area contributed by atoms with Crippen LogP contribution >= 0.6 is 0 Å². The maximum atomic E-state index is 12.7. The predicted octanol–water partition coefficient (Wildman–Crippen LogP) is 2.47. The minimum Gasteiger partial charge on any atom is -0.350 e. The van der Waals surface area contributed by atoms with Gasteiger partial charge in [0.2, 0.25) is 5.91 Å². The van der Waals surface area contributed by atoms with E-state index in [4.69, 9.17) is 0 Å². The number of amides is 1. The highest BCUT2D eigenvalue weighted by atomic mass is 16.1. The molecule has 0 spiro atoms. The molecule has 2 aromatic heterocycles. The second-order valence-electron chi connectivity index (χ2n) is 8.24. The van der Waals surface area contributed by atoms with E-state index in [-0.39, 0.29) is 11.8 Å². The average molecular weight is 394 g/mol. The van der Waals surface area contributed by atoms with Gasteiger partial charge in [-0.05, 0) is 75.1 Å². The molecule has 2 aliphatic rings. The number of carbonyl (C=O) groups excluding carboxylic acids is 1. The molecule has 2 fully saturated rings. The first-order valence-corrected chi connectivity index (χ1v) is 10.8. The molecule has 154 valence electrons. The topological polar surface area (TPSA) is 61.4 Å². The van der Waals surface area contributed by atoms with Gasteiger partial charge in [-0.3, -0.25) is 24.6 Å². The molecule has 4 rings (SSSR count). The van der Waals surface area contributed by atoms with E-state index in [2.05, 4.69) is 37.2 Å². The minimum atomic E-state index is 0.0994. The third-order valence-corrected chi connectivity index (χ3v) is 6.22. The van der Waals surface area contributed by atoms with Crippen LogP contribution in [0, 0.1) is 5.92 Å². The van der Waals surface area contributed by atoms with Gasteiger partial charge >= 0.3 is 0 Å². The third kappa shape index (κ3) is 5.61. The molecular formula is C23H31N5O. The van der Waals surface area contributed by atoms with Crippen molar-refractivity contribution < 1.29 is 4.79 Å². The number of nitrogens with one attached hydrogen (secondary N) is 1. The second kappa shape index (κ2) is 9.94. The van der Waals surface area contributed by atoms with Crippen molar-refractivity contribution in [2.45, 2.75) is 44.8 Å². The van der Waals surface area contributed by atoms with Crippen molar-refractivity contribution in [1.29, 1.82) is 0 Å². The maximum Gasteiger partial charge on any atom is 0.224 e. The first-order valence-electron chi connectivity index (χ1n) is 10.8. The van der Waals surface area contributed by atoms with E-state index in [0.29, 0.717) is 12.6 Å². The first kappa shape index (κ1) is 20.0. The van der Waals surface area contributed by atoms with E-state index in [9.17, 15) is 4.79 Å². The summed E-state index contributed by atoms with van der Waals surface area (Å²) in [5, 5.41) is 3.09. The molecule has 1 atom stereocenters. The normalized spacial score (nSPS) is 21.7. The van der Waals surface area contributed by atoms with E-state index < -0.39 is 0 Å². The van der Waals surface area contributed by atoms with Crippen molar-refractivity contribution in [2.75, 3.05) is 26.2 Å². The van der Waals surface area contributed by atoms with Crippen LogP contribution in [-0.4, -0.2) is 57.9 Å². The molecule has 0 saturated carbocycles. The Morgan fingerprint density at radius 2 is 1.86 bits per heavy atom. The molecule has 29 heavy (non-hydrogen) atoms. The molecule has 0 bridgehead atoms. The van der Waals surface area contributed by atoms with Crippen LogP contribution < -0.4 is 5.32 Å². The zero-order valence-corrected chi connectivity index (χ0v) is 17.0. The fourth-order valence-electron chi connectivity index (χ4n) is 4.57. The molecule has 0 aromatic carbocycles. The molecular weight excluding hydrogens is 362 g/mol. The molecule has 1 N–H and O–H groups in total. The van der Waals surface area contributed by atoms with E-state index in [0.717, 1.165) is 51.3 Å². The van der Waals surface area contributed by atoms with Crippen LogP contribution in [-0.2, 0) is 17.9 Å². The lowest BCUT2D eigenvalue weighted by Gasteiger charge is -2.42. The van der Waals surface area contributed by atoms with Gasteiger partial charge in [-0.2, -0.15) is 0 Å². The SMILES string of the molecule is O=C(NCc1ccccn1)[C@H]1CCCN(C2CCN(Cc3ccncc3)CC2)C1. The summed E-state index contributed by atoms with van der Waals surface area (Å²) in [7, 11) is 0. The standard InChI is InChI=1S/C23H31N5O/c29-23(26-16-21-5-1-2-10-25-21)20-4-3-13-28(18-20)22-8-14-27(15-9-22)17-19-6-11-24-12-7-19/h1-2,5-7,10-12,20,22H,3-4,8-9,13-18H2,(H,26,29)/t20-/m0/s1. The van der Waals surface area contributed by atoms with Gasteiger partial charge in [-0.25, -0.2) is 0 Å². The molecule has 2 aromatic rings. The molecule has 1 amide bonds. The molecule has 0 aliphatic carbocycles. The lowest BCUT2D eigenvalue weighted by Crippen LogP contribution is -2.50. The van der Waals surface area contributed by atoms with E-state index >= 15 is 0 Å².